The summed E-state index contributed by atoms with van der Waals surface area (Å²) in [5.41, 5.74) is -0.905. The van der Waals surface area contributed by atoms with E-state index in [1.54, 1.807) is 4.90 Å². The van der Waals surface area contributed by atoms with Crippen molar-refractivity contribution in [3.05, 3.63) is 64.1 Å². The van der Waals surface area contributed by atoms with Crippen LogP contribution in [-0.4, -0.2) is 36.3 Å². The maximum absolute atomic E-state index is 13.1. The highest BCUT2D eigenvalue weighted by atomic mass is 19.4. The molecule has 0 spiro atoms. The maximum atomic E-state index is 13.1. The summed E-state index contributed by atoms with van der Waals surface area (Å²) >= 11 is 0. The number of halogens is 6. The summed E-state index contributed by atoms with van der Waals surface area (Å²) < 4.78 is 79.0. The van der Waals surface area contributed by atoms with E-state index in [4.69, 9.17) is 0 Å². The molecule has 3 aromatic heterocycles. The van der Waals surface area contributed by atoms with E-state index in [1.165, 1.54) is 24.4 Å². The number of pyridine rings is 1. The second-order valence-electron chi connectivity index (χ2n) is 7.65. The molecule has 5 rings (SSSR count). The molecular formula is C20H14F6N8O. The van der Waals surface area contributed by atoms with Gasteiger partial charge in [-0.15, -0.1) is 10.2 Å². The third-order valence-electron chi connectivity index (χ3n) is 5.37. The summed E-state index contributed by atoms with van der Waals surface area (Å²) in [5, 5.41) is 9.77. The molecule has 1 aliphatic rings. The number of hydrogen-bond donors (Lipinski definition) is 2. The van der Waals surface area contributed by atoms with Crippen molar-refractivity contribution in [3.8, 4) is 0 Å². The molecule has 4 heterocycles. The van der Waals surface area contributed by atoms with Gasteiger partial charge >= 0.3 is 12.4 Å². The fourth-order valence-electron chi connectivity index (χ4n) is 3.73. The van der Waals surface area contributed by atoms with Gasteiger partial charge in [0, 0.05) is 25.0 Å². The molecule has 0 radical (unpaired) electrons. The fraction of sp³-hybridized carbons (Fsp3) is 0.250. The lowest BCUT2D eigenvalue weighted by molar-refractivity contribution is -0.147. The van der Waals surface area contributed by atoms with Crippen LogP contribution in [0.4, 0.5) is 43.8 Å². The standard InChI is InChI=1S/C20H14F6N8O/c21-19(22,23)10-1-3-11(4-2-10)28-15-14-12(5-6-27-16(14)35)29-18(30-15)33-7-8-34-13(9-33)31-32-17(34)20(24,25)26/h1-6H,7-9H2,(H,27,35)(H,28,29,30). The predicted octanol–water partition coefficient (Wildman–Crippen LogP) is 3.71. The molecule has 0 unspecified atom stereocenters. The molecule has 182 valence electrons. The molecule has 0 aliphatic carbocycles. The Balaban J connectivity index is 1.51. The third-order valence-corrected chi connectivity index (χ3v) is 5.37. The van der Waals surface area contributed by atoms with Gasteiger partial charge in [0.15, 0.2) is 5.82 Å². The second kappa shape index (κ2) is 7.95. The highest BCUT2D eigenvalue weighted by Gasteiger charge is 2.39. The first kappa shape index (κ1) is 22.6. The van der Waals surface area contributed by atoms with Crippen LogP contribution in [-0.2, 0) is 25.4 Å². The molecule has 0 fully saturated rings. The number of hydrogen-bond acceptors (Lipinski definition) is 7. The lowest BCUT2D eigenvalue weighted by Crippen LogP contribution is -2.36. The molecule has 15 heteroatoms. The van der Waals surface area contributed by atoms with E-state index in [2.05, 4.69) is 30.5 Å². The van der Waals surface area contributed by atoms with Crippen molar-refractivity contribution >= 4 is 28.4 Å². The van der Waals surface area contributed by atoms with Gasteiger partial charge in [-0.05, 0) is 30.3 Å². The number of nitrogens with zero attached hydrogens (tertiary/aromatic N) is 6. The Kier molecular flexibility index (Phi) is 5.14. The van der Waals surface area contributed by atoms with E-state index in [0.717, 1.165) is 16.7 Å². The van der Waals surface area contributed by atoms with Gasteiger partial charge in [-0.25, -0.2) is 4.98 Å². The predicted molar refractivity (Wildman–Crippen MR) is 111 cm³/mol. The van der Waals surface area contributed by atoms with Crippen LogP contribution in [0.25, 0.3) is 10.9 Å². The lowest BCUT2D eigenvalue weighted by atomic mass is 10.2. The van der Waals surface area contributed by atoms with Gasteiger partial charge in [0.1, 0.15) is 11.2 Å². The molecule has 0 bridgehead atoms. The van der Waals surface area contributed by atoms with Crippen LogP contribution in [0.15, 0.2) is 41.3 Å². The van der Waals surface area contributed by atoms with E-state index in [-0.39, 0.29) is 53.8 Å². The fourth-order valence-corrected chi connectivity index (χ4v) is 3.73. The maximum Gasteiger partial charge on any atom is 0.451 e. The molecule has 4 aromatic rings. The number of fused-ring (bicyclic) bond motifs is 2. The van der Waals surface area contributed by atoms with E-state index in [1.807, 2.05) is 0 Å². The Bertz CT molecular complexity index is 1460. The first-order chi connectivity index (χ1) is 16.5. The summed E-state index contributed by atoms with van der Waals surface area (Å²) in [5.74, 6) is -0.909. The number of aromatic amines is 1. The first-order valence-corrected chi connectivity index (χ1v) is 10.1. The summed E-state index contributed by atoms with van der Waals surface area (Å²) in [6.07, 6.45) is -7.79. The number of H-pyrrole nitrogens is 1. The zero-order chi connectivity index (χ0) is 25.0. The number of nitrogens with one attached hydrogen (secondary N) is 2. The molecule has 9 nitrogen and oxygen atoms in total. The normalized spacial score (nSPS) is 14.3. The van der Waals surface area contributed by atoms with Gasteiger partial charge < -0.3 is 19.8 Å². The van der Waals surface area contributed by atoms with Crippen molar-refractivity contribution in [1.82, 2.24) is 29.7 Å². The van der Waals surface area contributed by atoms with Crippen LogP contribution >= 0.6 is 0 Å². The Labute approximate surface area is 191 Å². The zero-order valence-corrected chi connectivity index (χ0v) is 17.4. The number of rotatable bonds is 3. The van der Waals surface area contributed by atoms with Crippen molar-refractivity contribution in [2.45, 2.75) is 25.4 Å². The summed E-state index contributed by atoms with van der Waals surface area (Å²) in [6, 6.07) is 5.65. The number of alkyl halides is 6. The van der Waals surface area contributed by atoms with E-state index < -0.39 is 29.3 Å². The van der Waals surface area contributed by atoms with Gasteiger partial charge in [0.05, 0.1) is 17.6 Å². The Morgan fingerprint density at radius 2 is 1.66 bits per heavy atom. The molecule has 35 heavy (non-hydrogen) atoms. The zero-order valence-electron chi connectivity index (χ0n) is 17.4. The van der Waals surface area contributed by atoms with Crippen LogP contribution in [0.2, 0.25) is 0 Å². The van der Waals surface area contributed by atoms with Crippen molar-refractivity contribution in [3.63, 3.8) is 0 Å². The Morgan fingerprint density at radius 3 is 2.34 bits per heavy atom. The molecule has 2 N–H and O–H groups in total. The molecule has 0 saturated heterocycles. The van der Waals surface area contributed by atoms with Crippen LogP contribution < -0.4 is 15.8 Å². The van der Waals surface area contributed by atoms with Crippen LogP contribution in [0.1, 0.15) is 17.2 Å². The molecule has 0 amide bonds. The van der Waals surface area contributed by atoms with Crippen molar-refractivity contribution < 1.29 is 26.3 Å². The minimum atomic E-state index is -4.65. The van der Waals surface area contributed by atoms with Gasteiger partial charge in [-0.2, -0.15) is 31.3 Å². The molecular weight excluding hydrogens is 482 g/mol. The SMILES string of the molecule is O=c1[nH]ccc2nc(N3CCn4c(nnc4C(F)(F)F)C3)nc(Nc3ccc(C(F)(F)F)cc3)c12. The average molecular weight is 496 g/mol. The summed E-state index contributed by atoms with van der Waals surface area (Å²) in [6.45, 7) is -0.0460. The Hall–Kier alpha value is -4.17. The van der Waals surface area contributed by atoms with E-state index in [0.29, 0.717) is 0 Å². The molecule has 0 saturated carbocycles. The van der Waals surface area contributed by atoms with Gasteiger partial charge in [-0.3, -0.25) is 4.79 Å². The van der Waals surface area contributed by atoms with Gasteiger partial charge in [0.2, 0.25) is 11.8 Å². The largest absolute Gasteiger partial charge is 0.451 e. The lowest BCUT2D eigenvalue weighted by Gasteiger charge is -2.28. The third kappa shape index (κ3) is 4.24. The minimum Gasteiger partial charge on any atom is -0.339 e. The average Bonchev–Trinajstić information content (AvgIpc) is 3.22. The van der Waals surface area contributed by atoms with Crippen LogP contribution in [0.3, 0.4) is 0 Å². The highest BCUT2D eigenvalue weighted by molar-refractivity contribution is 5.90. The molecule has 0 atom stereocenters. The summed E-state index contributed by atoms with van der Waals surface area (Å²) in [4.78, 5) is 25.2. The quantitative estimate of drug-likeness (QED) is 0.417. The van der Waals surface area contributed by atoms with E-state index >= 15 is 0 Å². The number of aromatic nitrogens is 6. The number of anilines is 3. The highest BCUT2D eigenvalue weighted by Crippen LogP contribution is 2.32. The smallest absolute Gasteiger partial charge is 0.339 e. The second-order valence-corrected chi connectivity index (χ2v) is 7.65. The number of benzene rings is 1. The van der Waals surface area contributed by atoms with Gasteiger partial charge in [-0.1, -0.05) is 0 Å². The monoisotopic (exact) mass is 496 g/mol. The van der Waals surface area contributed by atoms with Gasteiger partial charge in [0.25, 0.3) is 5.56 Å². The van der Waals surface area contributed by atoms with E-state index in [9.17, 15) is 31.1 Å². The van der Waals surface area contributed by atoms with Crippen molar-refractivity contribution in [2.75, 3.05) is 16.8 Å². The molecule has 1 aliphatic heterocycles. The molecule has 1 aromatic carbocycles. The summed E-state index contributed by atoms with van der Waals surface area (Å²) in [7, 11) is 0. The Morgan fingerprint density at radius 1 is 0.914 bits per heavy atom. The van der Waals surface area contributed by atoms with Crippen LogP contribution in [0.5, 0.6) is 0 Å². The topological polar surface area (TPSA) is 105 Å². The first-order valence-electron chi connectivity index (χ1n) is 10.1. The van der Waals surface area contributed by atoms with Crippen LogP contribution in [0, 0.1) is 0 Å². The van der Waals surface area contributed by atoms with Crippen molar-refractivity contribution in [1.29, 1.82) is 0 Å². The minimum absolute atomic E-state index is 0.0228. The van der Waals surface area contributed by atoms with Crippen molar-refractivity contribution in [2.24, 2.45) is 0 Å².